The molecule has 2 N–H and O–H groups in total. The van der Waals surface area contributed by atoms with Crippen LogP contribution in [0.5, 0.6) is 0 Å². The molecule has 2 saturated carbocycles. The van der Waals surface area contributed by atoms with Crippen molar-refractivity contribution in [2.75, 3.05) is 6.54 Å². The molecule has 2 fully saturated rings. The van der Waals surface area contributed by atoms with Gasteiger partial charge in [-0.05, 0) is 61.1 Å². The molecule has 0 spiro atoms. The van der Waals surface area contributed by atoms with Crippen LogP contribution in [-0.2, 0) is 6.42 Å². The van der Waals surface area contributed by atoms with Crippen LogP contribution in [0.2, 0.25) is 0 Å². The number of rotatable bonds is 3. The van der Waals surface area contributed by atoms with Crippen LogP contribution in [0.1, 0.15) is 24.8 Å². The molecule has 1 nitrogen and oxygen atoms in total. The summed E-state index contributed by atoms with van der Waals surface area (Å²) in [6, 6.07) is 8.56. The van der Waals surface area contributed by atoms with E-state index in [9.17, 15) is 0 Å². The van der Waals surface area contributed by atoms with E-state index in [4.69, 9.17) is 5.73 Å². The van der Waals surface area contributed by atoms with Crippen molar-refractivity contribution in [3.8, 4) is 0 Å². The third-order valence-corrected chi connectivity index (χ3v) is 5.19. The fraction of sp³-hybridized carbons (Fsp3) is 0.571. The molecule has 0 heterocycles. The normalized spacial score (nSPS) is 36.1. The van der Waals surface area contributed by atoms with Gasteiger partial charge in [0.1, 0.15) is 0 Å². The Bertz CT molecular complexity index is 391. The first-order valence-corrected chi connectivity index (χ1v) is 6.95. The number of halogens is 1. The molecule has 0 radical (unpaired) electrons. The zero-order valence-electron chi connectivity index (χ0n) is 9.45. The van der Waals surface area contributed by atoms with E-state index in [1.807, 2.05) is 0 Å². The van der Waals surface area contributed by atoms with Gasteiger partial charge in [-0.25, -0.2) is 0 Å². The maximum Gasteiger partial charge on any atom is 0.0207 e. The smallest absolute Gasteiger partial charge is 0.0207 e. The number of hydrogen-bond acceptors (Lipinski definition) is 1. The second-order valence-electron chi connectivity index (χ2n) is 5.64. The van der Waals surface area contributed by atoms with Crippen molar-refractivity contribution in [3.05, 3.63) is 34.3 Å². The molecule has 86 valence electrons. The lowest BCUT2D eigenvalue weighted by Crippen LogP contribution is -2.31. The molecule has 16 heavy (non-hydrogen) atoms. The minimum absolute atomic E-state index is 0.400. The molecule has 3 rings (SSSR count). The molecule has 0 saturated heterocycles. The van der Waals surface area contributed by atoms with Gasteiger partial charge in [0, 0.05) is 4.47 Å². The summed E-state index contributed by atoms with van der Waals surface area (Å²) in [4.78, 5) is 0. The first kappa shape index (κ1) is 10.8. The second kappa shape index (κ2) is 3.85. The summed E-state index contributed by atoms with van der Waals surface area (Å²) in [5, 5.41) is 0. The van der Waals surface area contributed by atoms with Crippen LogP contribution in [0.3, 0.4) is 0 Å². The van der Waals surface area contributed by atoms with E-state index in [-0.39, 0.29) is 0 Å². The minimum Gasteiger partial charge on any atom is -0.330 e. The summed E-state index contributed by atoms with van der Waals surface area (Å²) >= 11 is 3.64. The van der Waals surface area contributed by atoms with Gasteiger partial charge in [0.2, 0.25) is 0 Å². The van der Waals surface area contributed by atoms with E-state index in [2.05, 4.69) is 40.2 Å². The van der Waals surface area contributed by atoms with Gasteiger partial charge in [0.15, 0.2) is 0 Å². The molecule has 1 aromatic carbocycles. The van der Waals surface area contributed by atoms with E-state index >= 15 is 0 Å². The molecule has 1 aromatic rings. The number of hydrogen-bond donors (Lipinski definition) is 1. The van der Waals surface area contributed by atoms with Crippen molar-refractivity contribution in [2.45, 2.75) is 25.7 Å². The molecule has 0 amide bonds. The molecular weight excluding hydrogens is 262 g/mol. The highest BCUT2D eigenvalue weighted by Crippen LogP contribution is 2.60. The molecule has 0 aromatic heterocycles. The largest absolute Gasteiger partial charge is 0.330 e. The molecule has 2 heteroatoms. The fourth-order valence-electron chi connectivity index (χ4n) is 3.43. The summed E-state index contributed by atoms with van der Waals surface area (Å²) in [6.07, 6.45) is 5.33. The standard InChI is InChI=1S/C14H18BrN/c15-13-4-2-1-3-10(13)6-14(9-16)7-11-5-12(11)8-14/h1-4,11-12H,5-9,16H2. The number of benzene rings is 1. The molecule has 2 aliphatic rings. The summed E-state index contributed by atoms with van der Waals surface area (Å²) in [7, 11) is 0. The Morgan fingerprint density at radius 3 is 2.56 bits per heavy atom. The monoisotopic (exact) mass is 279 g/mol. The average molecular weight is 280 g/mol. The fourth-order valence-corrected chi connectivity index (χ4v) is 3.86. The van der Waals surface area contributed by atoms with Crippen LogP contribution in [0.15, 0.2) is 28.7 Å². The van der Waals surface area contributed by atoms with Gasteiger partial charge in [-0.2, -0.15) is 0 Å². The van der Waals surface area contributed by atoms with Crippen molar-refractivity contribution >= 4 is 15.9 Å². The SMILES string of the molecule is NCC1(Cc2ccccc2Br)CC2CC2C1. The van der Waals surface area contributed by atoms with Crippen molar-refractivity contribution in [1.29, 1.82) is 0 Å². The highest BCUT2D eigenvalue weighted by molar-refractivity contribution is 9.10. The van der Waals surface area contributed by atoms with Crippen molar-refractivity contribution in [2.24, 2.45) is 23.0 Å². The van der Waals surface area contributed by atoms with Crippen molar-refractivity contribution < 1.29 is 0 Å². The Labute approximate surface area is 106 Å². The van der Waals surface area contributed by atoms with E-state index in [1.165, 1.54) is 29.3 Å². The Morgan fingerprint density at radius 2 is 1.94 bits per heavy atom. The zero-order valence-corrected chi connectivity index (χ0v) is 11.0. The highest BCUT2D eigenvalue weighted by atomic mass is 79.9. The van der Waals surface area contributed by atoms with Crippen molar-refractivity contribution in [3.63, 3.8) is 0 Å². The van der Waals surface area contributed by atoms with Crippen LogP contribution < -0.4 is 5.73 Å². The maximum atomic E-state index is 6.03. The van der Waals surface area contributed by atoms with E-state index in [1.54, 1.807) is 0 Å². The van der Waals surface area contributed by atoms with Crippen LogP contribution in [0, 0.1) is 17.3 Å². The first-order chi connectivity index (χ1) is 7.72. The Morgan fingerprint density at radius 1 is 1.25 bits per heavy atom. The topological polar surface area (TPSA) is 26.0 Å². The van der Waals surface area contributed by atoms with Crippen LogP contribution in [0.4, 0.5) is 0 Å². The lowest BCUT2D eigenvalue weighted by molar-refractivity contribution is 0.272. The molecular formula is C14H18BrN. The van der Waals surface area contributed by atoms with E-state index < -0.39 is 0 Å². The summed E-state index contributed by atoms with van der Waals surface area (Å²) < 4.78 is 1.24. The number of fused-ring (bicyclic) bond motifs is 1. The second-order valence-corrected chi connectivity index (χ2v) is 6.49. The number of nitrogens with two attached hydrogens (primary N) is 1. The van der Waals surface area contributed by atoms with Crippen LogP contribution in [0.25, 0.3) is 0 Å². The molecule has 0 bridgehead atoms. The van der Waals surface area contributed by atoms with Gasteiger partial charge in [-0.15, -0.1) is 0 Å². The molecule has 2 aliphatic carbocycles. The van der Waals surface area contributed by atoms with Gasteiger partial charge in [0.25, 0.3) is 0 Å². The van der Waals surface area contributed by atoms with Gasteiger partial charge in [-0.1, -0.05) is 34.1 Å². The lowest BCUT2D eigenvalue weighted by atomic mass is 9.77. The third-order valence-electron chi connectivity index (χ3n) is 4.42. The highest BCUT2D eigenvalue weighted by Gasteiger charge is 2.52. The summed E-state index contributed by atoms with van der Waals surface area (Å²) in [6.45, 7) is 0.849. The van der Waals surface area contributed by atoms with Crippen LogP contribution in [-0.4, -0.2) is 6.54 Å². The Balaban J connectivity index is 1.80. The average Bonchev–Trinajstić information content (AvgIpc) is 2.91. The van der Waals surface area contributed by atoms with Crippen molar-refractivity contribution in [1.82, 2.24) is 0 Å². The molecule has 2 unspecified atom stereocenters. The molecule has 0 aliphatic heterocycles. The van der Waals surface area contributed by atoms with Gasteiger partial charge < -0.3 is 5.73 Å². The van der Waals surface area contributed by atoms with E-state index in [0.29, 0.717) is 5.41 Å². The van der Waals surface area contributed by atoms with Gasteiger partial charge in [0.05, 0.1) is 0 Å². The lowest BCUT2D eigenvalue weighted by Gasteiger charge is -2.29. The van der Waals surface area contributed by atoms with E-state index in [0.717, 1.165) is 24.8 Å². The molecule has 2 atom stereocenters. The van der Waals surface area contributed by atoms with Gasteiger partial charge in [-0.3, -0.25) is 0 Å². The predicted molar refractivity (Wildman–Crippen MR) is 70.2 cm³/mol. The predicted octanol–water partition coefficient (Wildman–Crippen LogP) is 3.37. The third kappa shape index (κ3) is 1.82. The maximum absolute atomic E-state index is 6.03. The van der Waals surface area contributed by atoms with Crippen LogP contribution >= 0.6 is 15.9 Å². The summed E-state index contributed by atoms with van der Waals surface area (Å²) in [5.41, 5.74) is 7.86. The Hall–Kier alpha value is -0.340. The minimum atomic E-state index is 0.400. The summed E-state index contributed by atoms with van der Waals surface area (Å²) in [5.74, 6) is 2.01. The zero-order chi connectivity index (χ0) is 11.2. The Kier molecular flexibility index (Phi) is 2.60. The quantitative estimate of drug-likeness (QED) is 0.902. The first-order valence-electron chi connectivity index (χ1n) is 6.16. The van der Waals surface area contributed by atoms with Gasteiger partial charge >= 0.3 is 0 Å².